The number of nitrogens with zero attached hydrogens (tertiary/aromatic N) is 1. The molecule has 2 aliphatic heterocycles. The summed E-state index contributed by atoms with van der Waals surface area (Å²) in [6.45, 7) is 2.28. The third kappa shape index (κ3) is 2.08. The maximum absolute atomic E-state index is 13.0. The Bertz CT molecular complexity index is 1120. The first kappa shape index (κ1) is 16.9. The van der Waals surface area contributed by atoms with Crippen LogP contribution in [-0.2, 0) is 15.1 Å². The fourth-order valence-electron chi connectivity index (χ4n) is 4.72. The smallest absolute Gasteiger partial charge is 0.252 e. The van der Waals surface area contributed by atoms with E-state index in [-0.39, 0.29) is 24.3 Å². The molecular weight excluding hydrogens is 354 g/mol. The lowest BCUT2D eigenvalue weighted by molar-refractivity contribution is -0.154. The van der Waals surface area contributed by atoms with Crippen molar-refractivity contribution in [3.05, 3.63) is 65.4 Å². The van der Waals surface area contributed by atoms with Gasteiger partial charge in [-0.1, -0.05) is 36.4 Å². The van der Waals surface area contributed by atoms with E-state index in [1.807, 2.05) is 49.4 Å². The number of rotatable bonds is 2. The summed E-state index contributed by atoms with van der Waals surface area (Å²) in [6.07, 6.45) is 0. The minimum Gasteiger partial charge on any atom is -0.496 e. The summed E-state index contributed by atoms with van der Waals surface area (Å²) < 4.78 is 5.62. The Labute approximate surface area is 162 Å². The number of amides is 2. The van der Waals surface area contributed by atoms with Gasteiger partial charge in [-0.15, -0.1) is 0 Å². The highest BCUT2D eigenvalue weighted by molar-refractivity contribution is 6.01. The van der Waals surface area contributed by atoms with Gasteiger partial charge < -0.3 is 19.9 Å². The van der Waals surface area contributed by atoms with Crippen molar-refractivity contribution in [1.82, 2.24) is 15.2 Å². The molecule has 28 heavy (non-hydrogen) atoms. The van der Waals surface area contributed by atoms with Gasteiger partial charge in [0.2, 0.25) is 5.91 Å². The molecule has 5 rings (SSSR count). The number of H-pyrrole nitrogens is 1. The van der Waals surface area contributed by atoms with Crippen LogP contribution in [-0.4, -0.2) is 41.9 Å². The maximum Gasteiger partial charge on any atom is 0.252 e. The van der Waals surface area contributed by atoms with Crippen molar-refractivity contribution in [1.29, 1.82) is 0 Å². The second-order valence-electron chi connectivity index (χ2n) is 7.51. The third-order valence-corrected chi connectivity index (χ3v) is 6.14. The van der Waals surface area contributed by atoms with E-state index in [0.717, 1.165) is 33.5 Å². The van der Waals surface area contributed by atoms with Crippen LogP contribution in [0.2, 0.25) is 0 Å². The first-order valence-corrected chi connectivity index (χ1v) is 9.38. The van der Waals surface area contributed by atoms with Crippen LogP contribution in [0, 0.1) is 0 Å². The molecule has 0 aliphatic carbocycles. The van der Waals surface area contributed by atoms with Crippen LogP contribution in [0.4, 0.5) is 0 Å². The molecule has 0 radical (unpaired) electrons. The molecule has 1 aromatic heterocycles. The van der Waals surface area contributed by atoms with E-state index in [1.54, 1.807) is 12.0 Å². The lowest BCUT2D eigenvalue weighted by Crippen LogP contribution is -2.66. The zero-order chi connectivity index (χ0) is 19.5. The largest absolute Gasteiger partial charge is 0.496 e. The van der Waals surface area contributed by atoms with Gasteiger partial charge in [0.05, 0.1) is 19.3 Å². The van der Waals surface area contributed by atoms with E-state index in [9.17, 15) is 9.59 Å². The molecule has 1 fully saturated rings. The van der Waals surface area contributed by atoms with Crippen molar-refractivity contribution in [2.75, 3.05) is 20.2 Å². The number of aromatic amines is 1. The number of methoxy groups -OCH3 is 1. The number of fused-ring (bicyclic) bond motifs is 5. The number of hydrogen-bond acceptors (Lipinski definition) is 3. The van der Waals surface area contributed by atoms with E-state index < -0.39 is 5.54 Å². The SMILES string of the molecule is COc1ccccc1[C@@H]1CN2C(=O)CNC(=O)[C@@]2(C)c2[nH]c3ccccc3c21. The van der Waals surface area contributed by atoms with Crippen LogP contribution in [0.15, 0.2) is 48.5 Å². The van der Waals surface area contributed by atoms with Crippen molar-refractivity contribution in [2.24, 2.45) is 0 Å². The van der Waals surface area contributed by atoms with Gasteiger partial charge in [0.15, 0.2) is 5.54 Å². The van der Waals surface area contributed by atoms with Gasteiger partial charge in [0.25, 0.3) is 5.91 Å². The van der Waals surface area contributed by atoms with Gasteiger partial charge in [0, 0.05) is 28.9 Å². The van der Waals surface area contributed by atoms with Crippen molar-refractivity contribution in [3.8, 4) is 5.75 Å². The number of carbonyl (C=O) groups is 2. The van der Waals surface area contributed by atoms with Gasteiger partial charge in [-0.05, 0) is 24.6 Å². The zero-order valence-electron chi connectivity index (χ0n) is 15.8. The number of benzene rings is 2. The fourth-order valence-corrected chi connectivity index (χ4v) is 4.72. The number of piperazine rings is 1. The van der Waals surface area contributed by atoms with Crippen LogP contribution < -0.4 is 10.1 Å². The van der Waals surface area contributed by atoms with E-state index in [2.05, 4.69) is 16.4 Å². The zero-order valence-corrected chi connectivity index (χ0v) is 15.8. The number of nitrogens with one attached hydrogen (secondary N) is 2. The summed E-state index contributed by atoms with van der Waals surface area (Å²) in [5.74, 6) is 0.455. The van der Waals surface area contributed by atoms with Gasteiger partial charge in [-0.3, -0.25) is 9.59 Å². The van der Waals surface area contributed by atoms with Crippen molar-refractivity contribution in [3.63, 3.8) is 0 Å². The number of ether oxygens (including phenoxy) is 1. The molecule has 2 atom stereocenters. The molecule has 2 aromatic carbocycles. The number of para-hydroxylation sites is 2. The summed E-state index contributed by atoms with van der Waals surface area (Å²) in [5, 5.41) is 3.83. The molecule has 0 spiro atoms. The molecular formula is C22H21N3O3. The minimum absolute atomic E-state index is 0.0304. The number of aromatic nitrogens is 1. The molecule has 0 saturated carbocycles. The fraction of sp³-hybridized carbons (Fsp3) is 0.273. The van der Waals surface area contributed by atoms with Crippen LogP contribution >= 0.6 is 0 Å². The second kappa shape index (κ2) is 5.86. The molecule has 2 amide bonds. The summed E-state index contributed by atoms with van der Waals surface area (Å²) in [7, 11) is 1.65. The summed E-state index contributed by atoms with van der Waals surface area (Å²) in [5.41, 5.74) is 2.76. The topological polar surface area (TPSA) is 74.4 Å². The molecule has 2 aliphatic rings. The van der Waals surface area contributed by atoms with Crippen molar-refractivity contribution < 1.29 is 14.3 Å². The van der Waals surface area contributed by atoms with Crippen LogP contribution in [0.1, 0.15) is 29.7 Å². The predicted molar refractivity (Wildman–Crippen MR) is 105 cm³/mol. The Hall–Kier alpha value is -3.28. The highest BCUT2D eigenvalue weighted by Gasteiger charge is 2.54. The summed E-state index contributed by atoms with van der Waals surface area (Å²) in [4.78, 5) is 30.9. The molecule has 0 unspecified atom stereocenters. The van der Waals surface area contributed by atoms with Crippen LogP contribution in [0.3, 0.4) is 0 Å². The Balaban J connectivity index is 1.83. The lowest BCUT2D eigenvalue weighted by Gasteiger charge is -2.48. The Morgan fingerprint density at radius 1 is 1.11 bits per heavy atom. The first-order valence-electron chi connectivity index (χ1n) is 9.38. The summed E-state index contributed by atoms with van der Waals surface area (Å²) in [6, 6.07) is 15.9. The average Bonchev–Trinajstić information content (AvgIpc) is 3.12. The van der Waals surface area contributed by atoms with Gasteiger partial charge in [-0.25, -0.2) is 0 Å². The molecule has 142 valence electrons. The van der Waals surface area contributed by atoms with E-state index in [1.165, 1.54) is 0 Å². The van der Waals surface area contributed by atoms with Crippen LogP contribution in [0.25, 0.3) is 10.9 Å². The van der Waals surface area contributed by atoms with E-state index >= 15 is 0 Å². The molecule has 6 nitrogen and oxygen atoms in total. The maximum atomic E-state index is 13.0. The number of hydrogen-bond donors (Lipinski definition) is 2. The van der Waals surface area contributed by atoms with Crippen LogP contribution in [0.5, 0.6) is 5.75 Å². The van der Waals surface area contributed by atoms with E-state index in [4.69, 9.17) is 4.74 Å². The lowest BCUT2D eigenvalue weighted by atomic mass is 9.76. The number of carbonyl (C=O) groups excluding carboxylic acids is 2. The van der Waals surface area contributed by atoms with Gasteiger partial charge in [0.1, 0.15) is 5.75 Å². The molecule has 3 heterocycles. The summed E-state index contributed by atoms with van der Waals surface area (Å²) >= 11 is 0. The standard InChI is InChI=1S/C22H21N3O3/c1-22-20-19(14-8-3-5-9-16(14)24-20)15(13-7-4-6-10-17(13)28-2)12-25(22)18(26)11-23-21(22)27/h3-10,15,24H,11-12H2,1-2H3,(H,23,27)/t15-,22+/m0/s1. The van der Waals surface area contributed by atoms with Gasteiger partial charge >= 0.3 is 0 Å². The monoisotopic (exact) mass is 375 g/mol. The normalized spacial score (nSPS) is 23.9. The molecule has 3 aromatic rings. The molecule has 0 bridgehead atoms. The van der Waals surface area contributed by atoms with Crippen molar-refractivity contribution in [2.45, 2.75) is 18.4 Å². The Kier molecular flexibility index (Phi) is 3.53. The molecule has 2 N–H and O–H groups in total. The van der Waals surface area contributed by atoms with Crippen molar-refractivity contribution >= 4 is 22.7 Å². The molecule has 1 saturated heterocycles. The van der Waals surface area contributed by atoms with Gasteiger partial charge in [-0.2, -0.15) is 0 Å². The third-order valence-electron chi connectivity index (χ3n) is 6.14. The van der Waals surface area contributed by atoms with E-state index in [0.29, 0.717) is 6.54 Å². The first-order chi connectivity index (χ1) is 13.6. The predicted octanol–water partition coefficient (Wildman–Crippen LogP) is 2.50. The Morgan fingerprint density at radius 3 is 2.68 bits per heavy atom. The quantitative estimate of drug-likeness (QED) is 0.723. The highest BCUT2D eigenvalue weighted by atomic mass is 16.5. The second-order valence-corrected chi connectivity index (χ2v) is 7.51. The average molecular weight is 375 g/mol. The molecule has 6 heteroatoms. The minimum atomic E-state index is -1.05. The highest BCUT2D eigenvalue weighted by Crippen LogP contribution is 2.48. The Morgan fingerprint density at radius 2 is 1.86 bits per heavy atom.